The van der Waals surface area contributed by atoms with E-state index in [4.69, 9.17) is 4.42 Å². The Hall–Kier alpha value is -3.09. The van der Waals surface area contributed by atoms with Gasteiger partial charge in [0, 0.05) is 19.1 Å². The van der Waals surface area contributed by atoms with E-state index < -0.39 is 11.7 Å². The minimum atomic E-state index is -0.466. The molecule has 22 heavy (non-hydrogen) atoms. The van der Waals surface area contributed by atoms with Gasteiger partial charge in [-0.25, -0.2) is 4.39 Å². The Bertz CT molecular complexity index is 810. The first-order valence-electron chi connectivity index (χ1n) is 6.45. The average molecular weight is 298 g/mol. The van der Waals surface area contributed by atoms with Gasteiger partial charge in [0.1, 0.15) is 5.82 Å². The topological polar surface area (TPSA) is 78.2 Å². The van der Waals surface area contributed by atoms with Gasteiger partial charge in [0.25, 0.3) is 0 Å². The van der Waals surface area contributed by atoms with Crippen molar-refractivity contribution in [2.75, 3.05) is 0 Å². The quantitative estimate of drug-likeness (QED) is 0.411. The molecule has 0 spiro atoms. The second-order valence-electron chi connectivity index (χ2n) is 4.51. The van der Waals surface area contributed by atoms with E-state index in [1.165, 1.54) is 28.9 Å². The van der Waals surface area contributed by atoms with Gasteiger partial charge in [0.15, 0.2) is 0 Å². The van der Waals surface area contributed by atoms with Gasteiger partial charge in [0.2, 0.25) is 24.2 Å². The SMILES string of the molecule is Cc1nnc(-c2cc[n+](/N=C(\[O-])c3ccc(F)cc3)cc2)o1. The molecule has 110 valence electrons. The van der Waals surface area contributed by atoms with Gasteiger partial charge in [0.05, 0.1) is 11.5 Å². The van der Waals surface area contributed by atoms with E-state index >= 15 is 0 Å². The molecule has 0 aliphatic heterocycles. The molecule has 3 aromatic rings. The molecule has 0 saturated heterocycles. The first-order valence-corrected chi connectivity index (χ1v) is 6.45. The predicted octanol–water partition coefficient (Wildman–Crippen LogP) is 1.04. The van der Waals surface area contributed by atoms with Crippen LogP contribution in [0.1, 0.15) is 11.5 Å². The molecule has 0 atom stereocenters. The van der Waals surface area contributed by atoms with Crippen molar-refractivity contribution in [3.63, 3.8) is 0 Å². The number of aromatic nitrogens is 3. The third kappa shape index (κ3) is 2.98. The fraction of sp³-hybridized carbons (Fsp3) is 0.0667. The van der Waals surface area contributed by atoms with Crippen LogP contribution in [-0.2, 0) is 0 Å². The highest BCUT2D eigenvalue weighted by Crippen LogP contribution is 2.15. The van der Waals surface area contributed by atoms with Crippen molar-refractivity contribution in [3.05, 3.63) is 66.1 Å². The zero-order valence-corrected chi connectivity index (χ0v) is 11.6. The molecule has 0 saturated carbocycles. The fourth-order valence-corrected chi connectivity index (χ4v) is 1.80. The highest BCUT2D eigenvalue weighted by Gasteiger charge is 2.08. The van der Waals surface area contributed by atoms with Crippen molar-refractivity contribution in [1.82, 2.24) is 10.2 Å². The molecule has 0 aliphatic rings. The summed E-state index contributed by atoms with van der Waals surface area (Å²) in [5, 5.41) is 23.5. The average Bonchev–Trinajstić information content (AvgIpc) is 2.95. The molecule has 3 rings (SSSR count). The largest absolute Gasteiger partial charge is 0.854 e. The van der Waals surface area contributed by atoms with Gasteiger partial charge < -0.3 is 9.52 Å². The second kappa shape index (κ2) is 5.72. The Morgan fingerprint density at radius 3 is 2.41 bits per heavy atom. The Morgan fingerprint density at radius 1 is 1.14 bits per heavy atom. The first-order chi connectivity index (χ1) is 10.6. The molecule has 0 fully saturated rings. The van der Waals surface area contributed by atoms with Crippen molar-refractivity contribution in [3.8, 4) is 11.5 Å². The number of pyridine rings is 1. The molecule has 0 N–H and O–H groups in total. The van der Waals surface area contributed by atoms with Crippen LogP contribution in [0.4, 0.5) is 4.39 Å². The maximum absolute atomic E-state index is 12.8. The van der Waals surface area contributed by atoms with E-state index in [0.717, 1.165) is 5.56 Å². The Labute approximate surface area is 125 Å². The summed E-state index contributed by atoms with van der Waals surface area (Å²) in [7, 11) is 0. The number of hydrogen-bond acceptors (Lipinski definition) is 5. The lowest BCUT2D eigenvalue weighted by Gasteiger charge is -2.06. The first kappa shape index (κ1) is 13.9. The lowest BCUT2D eigenvalue weighted by Crippen LogP contribution is -2.33. The van der Waals surface area contributed by atoms with Crippen LogP contribution in [-0.4, -0.2) is 16.1 Å². The summed E-state index contributed by atoms with van der Waals surface area (Å²) in [5.41, 5.74) is 1.03. The van der Waals surface area contributed by atoms with Crippen LogP contribution in [0, 0.1) is 12.7 Å². The van der Waals surface area contributed by atoms with Gasteiger partial charge in [-0.3, -0.25) is 0 Å². The number of hydrogen-bond donors (Lipinski definition) is 0. The minimum Gasteiger partial charge on any atom is -0.854 e. The summed E-state index contributed by atoms with van der Waals surface area (Å²) >= 11 is 0. The molecule has 7 heteroatoms. The standard InChI is InChI=1S/C15H11FN4O2/c1-10-17-18-15(22-10)12-6-8-20(9-7-12)19-14(21)11-2-4-13(16)5-3-11/h2-9H,1H3. The molecule has 1 aromatic carbocycles. The Morgan fingerprint density at radius 2 is 1.82 bits per heavy atom. The predicted molar refractivity (Wildman–Crippen MR) is 73.0 cm³/mol. The normalized spacial score (nSPS) is 11.6. The van der Waals surface area contributed by atoms with Gasteiger partial charge in [-0.2, -0.15) is 0 Å². The van der Waals surface area contributed by atoms with E-state index in [-0.39, 0.29) is 0 Å². The second-order valence-corrected chi connectivity index (χ2v) is 4.51. The molecule has 2 aromatic heterocycles. The van der Waals surface area contributed by atoms with E-state index in [1.54, 1.807) is 31.5 Å². The number of benzene rings is 1. The van der Waals surface area contributed by atoms with Crippen molar-refractivity contribution < 1.29 is 18.6 Å². The molecule has 0 aliphatic carbocycles. The number of nitrogens with zero attached hydrogens (tertiary/aromatic N) is 4. The number of rotatable bonds is 3. The molecule has 0 radical (unpaired) electrons. The number of halogens is 1. The molecule has 2 heterocycles. The summed E-state index contributed by atoms with van der Waals surface area (Å²) in [6.07, 6.45) is 3.19. The monoisotopic (exact) mass is 298 g/mol. The lowest BCUT2D eigenvalue weighted by atomic mass is 10.2. The van der Waals surface area contributed by atoms with E-state index in [1.807, 2.05) is 0 Å². The highest BCUT2D eigenvalue weighted by atomic mass is 19.1. The molecule has 0 bridgehead atoms. The van der Waals surface area contributed by atoms with Crippen LogP contribution in [0.15, 0.2) is 58.3 Å². The smallest absolute Gasteiger partial charge is 0.248 e. The Kier molecular flexibility index (Phi) is 3.61. The minimum absolute atomic E-state index is 0.311. The van der Waals surface area contributed by atoms with Gasteiger partial charge >= 0.3 is 0 Å². The van der Waals surface area contributed by atoms with Crippen LogP contribution in [0.3, 0.4) is 0 Å². The zero-order valence-electron chi connectivity index (χ0n) is 11.6. The van der Waals surface area contributed by atoms with Crippen LogP contribution in [0.25, 0.3) is 11.5 Å². The molecular formula is C15H11FN4O2. The van der Waals surface area contributed by atoms with Crippen molar-refractivity contribution in [2.24, 2.45) is 5.10 Å². The molecule has 0 amide bonds. The lowest BCUT2D eigenvalue weighted by molar-refractivity contribution is -0.681. The maximum atomic E-state index is 12.8. The van der Waals surface area contributed by atoms with Gasteiger partial charge in [-0.1, -0.05) is 16.8 Å². The Balaban J connectivity index is 1.83. The fourth-order valence-electron chi connectivity index (χ4n) is 1.80. The van der Waals surface area contributed by atoms with Crippen molar-refractivity contribution >= 4 is 5.90 Å². The van der Waals surface area contributed by atoms with Crippen molar-refractivity contribution in [2.45, 2.75) is 6.92 Å². The molecular weight excluding hydrogens is 287 g/mol. The summed E-state index contributed by atoms with van der Waals surface area (Å²) < 4.78 is 19.5. The van der Waals surface area contributed by atoms with Crippen LogP contribution >= 0.6 is 0 Å². The summed E-state index contributed by atoms with van der Waals surface area (Å²) in [6, 6.07) is 8.61. The maximum Gasteiger partial charge on any atom is 0.248 e. The van der Waals surface area contributed by atoms with Gasteiger partial charge in [-0.05, 0) is 22.8 Å². The van der Waals surface area contributed by atoms with E-state index in [0.29, 0.717) is 17.3 Å². The molecule has 0 unspecified atom stereocenters. The third-order valence-electron chi connectivity index (χ3n) is 2.88. The highest BCUT2D eigenvalue weighted by molar-refractivity contribution is 5.89. The number of aryl methyl sites for hydroxylation is 1. The summed E-state index contributed by atoms with van der Waals surface area (Å²) in [4.78, 5) is 0. The van der Waals surface area contributed by atoms with Crippen LogP contribution < -0.4 is 9.78 Å². The zero-order chi connectivity index (χ0) is 15.5. The molecule has 6 nitrogen and oxygen atoms in total. The van der Waals surface area contributed by atoms with Crippen LogP contribution in [0.5, 0.6) is 0 Å². The van der Waals surface area contributed by atoms with E-state index in [9.17, 15) is 9.50 Å². The van der Waals surface area contributed by atoms with E-state index in [2.05, 4.69) is 15.3 Å². The van der Waals surface area contributed by atoms with Crippen molar-refractivity contribution in [1.29, 1.82) is 0 Å². The summed E-state index contributed by atoms with van der Waals surface area (Å²) in [6.45, 7) is 1.70. The van der Waals surface area contributed by atoms with Crippen LogP contribution in [0.2, 0.25) is 0 Å². The van der Waals surface area contributed by atoms with Gasteiger partial charge in [-0.15, -0.1) is 10.2 Å². The third-order valence-corrected chi connectivity index (χ3v) is 2.88. The summed E-state index contributed by atoms with van der Waals surface area (Å²) in [5.74, 6) is 0.00667.